The highest BCUT2D eigenvalue weighted by Crippen LogP contribution is 2.31. The number of rotatable bonds is 7. The first-order valence-corrected chi connectivity index (χ1v) is 8.37. The van der Waals surface area contributed by atoms with Gasteiger partial charge < -0.3 is 9.47 Å². The molecule has 0 atom stereocenters. The molecule has 0 spiro atoms. The van der Waals surface area contributed by atoms with Crippen LogP contribution >= 0.6 is 17.0 Å². The molecule has 0 aliphatic carbocycles. The minimum Gasteiger partial charge on any atom is -0.497 e. The number of ketones is 1. The van der Waals surface area contributed by atoms with Crippen molar-refractivity contribution in [2.45, 2.75) is 6.54 Å². The van der Waals surface area contributed by atoms with Crippen LogP contribution in [0.25, 0.3) is 11.3 Å². The van der Waals surface area contributed by atoms with E-state index >= 15 is 0 Å². The summed E-state index contributed by atoms with van der Waals surface area (Å²) in [6.45, 7) is 0.0742. The Bertz CT molecular complexity index is 1010. The van der Waals surface area contributed by atoms with Crippen LogP contribution in [-0.2, 0) is 6.54 Å². The molecule has 0 saturated carbocycles. The van der Waals surface area contributed by atoms with Gasteiger partial charge in [-0.2, -0.15) is 0 Å². The minimum absolute atomic E-state index is 0. The van der Waals surface area contributed by atoms with E-state index in [1.165, 1.54) is 24.3 Å². The highest BCUT2D eigenvalue weighted by Gasteiger charge is 2.16. The largest absolute Gasteiger partial charge is 0.497 e. The van der Waals surface area contributed by atoms with Crippen LogP contribution in [0.2, 0.25) is 0 Å². The Morgan fingerprint density at radius 3 is 2.38 bits per heavy atom. The van der Waals surface area contributed by atoms with Gasteiger partial charge in [-0.05, 0) is 29.2 Å². The number of aromatic nitrogens is 2. The number of halogens is 1. The maximum Gasteiger partial charge on any atom is 0.287 e. The maximum atomic E-state index is 12.4. The Hall–Kier alpha value is -3.33. The van der Waals surface area contributed by atoms with Gasteiger partial charge in [-0.3, -0.25) is 14.9 Å². The summed E-state index contributed by atoms with van der Waals surface area (Å²) >= 11 is 0. The van der Waals surface area contributed by atoms with Gasteiger partial charge in [0.2, 0.25) is 5.78 Å². The summed E-state index contributed by atoms with van der Waals surface area (Å²) < 4.78 is 12.2. The van der Waals surface area contributed by atoms with Gasteiger partial charge in [0.15, 0.2) is 12.2 Å². The summed E-state index contributed by atoms with van der Waals surface area (Å²) in [6, 6.07) is 12.8. The average molecular weight is 461 g/mol. The smallest absolute Gasteiger partial charge is 0.287 e. The number of nitrogens with zero attached hydrogens (tertiary/aromatic N) is 3. The molecule has 0 amide bonds. The normalized spacial score (nSPS) is 10.0. The molecule has 1 heterocycles. The summed E-state index contributed by atoms with van der Waals surface area (Å²) in [5, 5.41) is 10.7. The van der Waals surface area contributed by atoms with E-state index < -0.39 is 4.92 Å². The predicted octanol–water partition coefficient (Wildman–Crippen LogP) is 3.42. The van der Waals surface area contributed by atoms with E-state index in [4.69, 9.17) is 9.47 Å². The monoisotopic (exact) mass is 460 g/mol. The van der Waals surface area contributed by atoms with E-state index in [0.29, 0.717) is 22.8 Å². The van der Waals surface area contributed by atoms with Crippen LogP contribution in [0.5, 0.6) is 11.5 Å². The topological polar surface area (TPSA) is 95.4 Å². The fourth-order valence-electron chi connectivity index (χ4n) is 2.67. The molecule has 150 valence electrons. The molecule has 3 rings (SSSR count). The van der Waals surface area contributed by atoms with Crippen LogP contribution in [0.15, 0.2) is 61.1 Å². The number of Topliss-reactive ketones (excluding diaryl/α,β-unsaturated/α-hetero) is 1. The van der Waals surface area contributed by atoms with Crippen LogP contribution in [0.1, 0.15) is 10.4 Å². The fraction of sp³-hybridized carbons (Fsp3) is 0.150. The summed E-state index contributed by atoms with van der Waals surface area (Å²) in [4.78, 5) is 27.0. The lowest BCUT2D eigenvalue weighted by Gasteiger charge is -2.08. The van der Waals surface area contributed by atoms with Crippen LogP contribution in [0.4, 0.5) is 5.69 Å². The van der Waals surface area contributed by atoms with Gasteiger partial charge in [-0.1, -0.05) is 0 Å². The van der Waals surface area contributed by atoms with Gasteiger partial charge in [0.1, 0.15) is 11.5 Å². The molecule has 3 aromatic rings. The number of ether oxygens (including phenoxy) is 2. The number of non-ortho nitro benzene ring substituents is 1. The average Bonchev–Trinajstić information content (AvgIpc) is 2.73. The number of benzene rings is 2. The quantitative estimate of drug-likeness (QED) is 0.232. The zero-order valence-corrected chi connectivity index (χ0v) is 17.5. The van der Waals surface area contributed by atoms with Crippen molar-refractivity contribution in [2.75, 3.05) is 14.2 Å². The summed E-state index contributed by atoms with van der Waals surface area (Å²) in [5.41, 5.74) is 1.85. The van der Waals surface area contributed by atoms with Crippen molar-refractivity contribution >= 4 is 28.5 Å². The van der Waals surface area contributed by atoms with Crippen LogP contribution in [-0.4, -0.2) is 29.9 Å². The van der Waals surface area contributed by atoms with Gasteiger partial charge in [0, 0.05) is 29.8 Å². The highest BCUT2D eigenvalue weighted by atomic mass is 79.9. The number of nitro benzene ring substituents is 1. The number of carbonyl (C=O) groups excluding carboxylic acids is 1. The molecule has 0 bridgehead atoms. The van der Waals surface area contributed by atoms with Gasteiger partial charge in [-0.25, -0.2) is 4.57 Å². The number of nitro groups is 1. The molecule has 0 aliphatic rings. The highest BCUT2D eigenvalue weighted by molar-refractivity contribution is 8.93. The van der Waals surface area contributed by atoms with Crippen molar-refractivity contribution in [1.82, 2.24) is 4.98 Å². The number of methoxy groups -OCH3 is 2. The van der Waals surface area contributed by atoms with Gasteiger partial charge in [-0.15, -0.1) is 17.0 Å². The first-order chi connectivity index (χ1) is 13.5. The summed E-state index contributed by atoms with van der Waals surface area (Å²) in [5.74, 6) is 1.14. The van der Waals surface area contributed by atoms with E-state index in [0.717, 1.165) is 5.56 Å². The van der Waals surface area contributed by atoms with E-state index in [9.17, 15) is 14.9 Å². The standard InChI is InChI=1S/C20H18N3O5.BrH/c1-27-16-7-8-17(20(11-16)28-2)18-9-10-22(13-21-18)12-19(24)14-3-5-15(6-4-14)23(25)26;/h3-11,13H,12H2,1-2H3;1H/q+1;. The third-order valence-electron chi connectivity index (χ3n) is 4.18. The minimum atomic E-state index is -0.501. The zero-order valence-electron chi connectivity index (χ0n) is 15.8. The van der Waals surface area contributed by atoms with Crippen molar-refractivity contribution < 1.29 is 23.8 Å². The zero-order chi connectivity index (χ0) is 20.1. The second-order valence-corrected chi connectivity index (χ2v) is 5.91. The Morgan fingerprint density at radius 1 is 1.10 bits per heavy atom. The van der Waals surface area contributed by atoms with Gasteiger partial charge in [0.25, 0.3) is 12.0 Å². The lowest BCUT2D eigenvalue weighted by molar-refractivity contribution is -0.686. The number of hydrogen-bond donors (Lipinski definition) is 0. The Morgan fingerprint density at radius 2 is 1.83 bits per heavy atom. The molecule has 0 saturated heterocycles. The molecular weight excluding hydrogens is 442 g/mol. The van der Waals surface area contributed by atoms with Gasteiger partial charge in [0.05, 0.1) is 30.9 Å². The third kappa shape index (κ3) is 5.14. The van der Waals surface area contributed by atoms with Gasteiger partial charge >= 0.3 is 0 Å². The molecule has 0 unspecified atom stereocenters. The molecule has 0 N–H and O–H groups in total. The number of hydrogen-bond acceptors (Lipinski definition) is 6. The van der Waals surface area contributed by atoms with Crippen molar-refractivity contribution in [2.24, 2.45) is 0 Å². The molecule has 0 aliphatic heterocycles. The Kier molecular flexibility index (Phi) is 7.38. The number of carbonyl (C=O) groups is 1. The van der Waals surface area contributed by atoms with E-state index in [1.807, 2.05) is 12.1 Å². The lowest BCUT2D eigenvalue weighted by Crippen LogP contribution is -2.37. The van der Waals surface area contributed by atoms with Crippen molar-refractivity contribution in [1.29, 1.82) is 0 Å². The second kappa shape index (κ2) is 9.74. The molecule has 1 aromatic heterocycles. The molecule has 29 heavy (non-hydrogen) atoms. The summed E-state index contributed by atoms with van der Waals surface area (Å²) in [6.07, 6.45) is 3.30. The van der Waals surface area contributed by atoms with E-state index in [-0.39, 0.29) is 35.0 Å². The molecular formula is C20H19BrN3O5+. The molecule has 8 nitrogen and oxygen atoms in total. The SMILES string of the molecule is Br.COc1ccc(-c2cc[n+](CC(=O)c3ccc([N+](=O)[O-])cc3)cn2)c(OC)c1. The fourth-order valence-corrected chi connectivity index (χ4v) is 2.67. The lowest BCUT2D eigenvalue weighted by atomic mass is 10.1. The molecule has 0 fully saturated rings. The van der Waals surface area contributed by atoms with Crippen LogP contribution in [0.3, 0.4) is 0 Å². The van der Waals surface area contributed by atoms with Crippen LogP contribution in [0, 0.1) is 10.1 Å². The predicted molar refractivity (Wildman–Crippen MR) is 111 cm³/mol. The first kappa shape index (κ1) is 22.0. The third-order valence-corrected chi connectivity index (χ3v) is 4.18. The first-order valence-electron chi connectivity index (χ1n) is 8.37. The summed E-state index contributed by atoms with van der Waals surface area (Å²) in [7, 11) is 3.16. The van der Waals surface area contributed by atoms with Crippen molar-refractivity contribution in [3.8, 4) is 22.8 Å². The van der Waals surface area contributed by atoms with Crippen molar-refractivity contribution in [3.63, 3.8) is 0 Å². The van der Waals surface area contributed by atoms with E-state index in [1.54, 1.807) is 43.4 Å². The maximum absolute atomic E-state index is 12.4. The van der Waals surface area contributed by atoms with Crippen LogP contribution < -0.4 is 14.0 Å². The van der Waals surface area contributed by atoms with E-state index in [2.05, 4.69) is 4.98 Å². The molecule has 2 aromatic carbocycles. The molecule has 0 radical (unpaired) electrons. The second-order valence-electron chi connectivity index (χ2n) is 5.91. The van der Waals surface area contributed by atoms with Crippen molar-refractivity contribution in [3.05, 3.63) is 76.7 Å². The Labute approximate surface area is 177 Å². The molecule has 9 heteroatoms. The Balaban J connectivity index is 0.00000300.